The normalized spacial score (nSPS) is 10.4. The molecule has 8 heteroatoms. The van der Waals surface area contributed by atoms with Gasteiger partial charge in [0.2, 0.25) is 5.95 Å². The van der Waals surface area contributed by atoms with Crippen LogP contribution in [-0.4, -0.2) is 21.0 Å². The van der Waals surface area contributed by atoms with E-state index in [1.54, 1.807) is 31.2 Å². The smallest absolute Gasteiger partial charge is 0.337 e. The highest BCUT2D eigenvalue weighted by Crippen LogP contribution is 2.24. The molecule has 0 atom stereocenters. The molecule has 3 aromatic rings. The molecule has 0 aliphatic carbocycles. The maximum atomic E-state index is 13.3. The van der Waals surface area contributed by atoms with Crippen LogP contribution in [0.3, 0.4) is 0 Å². The minimum Gasteiger partial charge on any atom is -0.478 e. The van der Waals surface area contributed by atoms with Crippen molar-refractivity contribution in [2.75, 3.05) is 10.6 Å². The summed E-state index contributed by atoms with van der Waals surface area (Å²) in [5, 5.41) is 15.2. The number of carboxylic acid groups (broad SMARTS) is 1. The Bertz CT molecular complexity index is 981. The number of para-hydroxylation sites is 1. The van der Waals surface area contributed by atoms with Gasteiger partial charge in [0.05, 0.1) is 16.3 Å². The van der Waals surface area contributed by atoms with Crippen molar-refractivity contribution in [3.05, 3.63) is 70.6 Å². The van der Waals surface area contributed by atoms with Gasteiger partial charge in [-0.3, -0.25) is 0 Å². The van der Waals surface area contributed by atoms with E-state index in [0.717, 1.165) is 0 Å². The number of carbonyl (C=O) groups is 1. The van der Waals surface area contributed by atoms with Crippen molar-refractivity contribution < 1.29 is 14.3 Å². The molecule has 0 spiro atoms. The fourth-order valence-electron chi connectivity index (χ4n) is 2.31. The summed E-state index contributed by atoms with van der Waals surface area (Å²) in [4.78, 5) is 19.9. The van der Waals surface area contributed by atoms with E-state index in [1.807, 2.05) is 0 Å². The molecule has 132 valence electrons. The highest BCUT2D eigenvalue weighted by Gasteiger charge is 2.11. The van der Waals surface area contributed by atoms with Crippen LogP contribution >= 0.6 is 11.6 Å². The van der Waals surface area contributed by atoms with Crippen molar-refractivity contribution in [2.24, 2.45) is 0 Å². The third-order valence-corrected chi connectivity index (χ3v) is 3.74. The maximum Gasteiger partial charge on any atom is 0.337 e. The van der Waals surface area contributed by atoms with Gasteiger partial charge in [-0.05, 0) is 37.3 Å². The predicted octanol–water partition coefficient (Wildman–Crippen LogP) is 4.76. The van der Waals surface area contributed by atoms with Gasteiger partial charge in [-0.15, -0.1) is 0 Å². The summed E-state index contributed by atoms with van der Waals surface area (Å²) in [5.74, 6) is -0.877. The number of halogens is 2. The summed E-state index contributed by atoms with van der Waals surface area (Å²) in [6.07, 6.45) is 0. The molecule has 0 saturated carbocycles. The first-order valence-electron chi connectivity index (χ1n) is 7.59. The molecule has 1 aromatic heterocycles. The summed E-state index contributed by atoms with van der Waals surface area (Å²) in [6, 6.07) is 12.4. The monoisotopic (exact) mass is 372 g/mol. The molecular weight excluding hydrogens is 359 g/mol. The molecule has 3 rings (SSSR count). The van der Waals surface area contributed by atoms with Crippen LogP contribution in [0.2, 0.25) is 5.02 Å². The van der Waals surface area contributed by atoms with Crippen molar-refractivity contribution in [3.8, 4) is 0 Å². The number of carboxylic acids is 1. The van der Waals surface area contributed by atoms with Gasteiger partial charge in [0.25, 0.3) is 0 Å². The number of rotatable bonds is 5. The molecule has 26 heavy (non-hydrogen) atoms. The lowest BCUT2D eigenvalue weighted by atomic mass is 10.2. The molecule has 0 bridgehead atoms. The van der Waals surface area contributed by atoms with E-state index >= 15 is 0 Å². The molecule has 1 heterocycles. The Morgan fingerprint density at radius 1 is 1.12 bits per heavy atom. The van der Waals surface area contributed by atoms with E-state index in [-0.39, 0.29) is 16.5 Å². The fourth-order valence-corrected chi connectivity index (χ4v) is 2.49. The second kappa shape index (κ2) is 7.37. The molecule has 0 unspecified atom stereocenters. The van der Waals surface area contributed by atoms with Gasteiger partial charge in [-0.2, -0.15) is 4.98 Å². The summed E-state index contributed by atoms with van der Waals surface area (Å²) in [5.41, 5.74) is 1.72. The number of hydrogen-bond donors (Lipinski definition) is 3. The molecule has 0 aliphatic heterocycles. The maximum absolute atomic E-state index is 13.3. The number of aryl methyl sites for hydroxylation is 1. The quantitative estimate of drug-likeness (QED) is 0.598. The number of aromatic nitrogens is 2. The van der Waals surface area contributed by atoms with Crippen LogP contribution in [0.15, 0.2) is 48.5 Å². The third-order valence-electron chi connectivity index (χ3n) is 3.45. The first kappa shape index (κ1) is 17.6. The second-order valence-corrected chi connectivity index (χ2v) is 5.85. The molecule has 0 saturated heterocycles. The zero-order valence-corrected chi connectivity index (χ0v) is 14.4. The third kappa shape index (κ3) is 4.07. The van der Waals surface area contributed by atoms with E-state index in [9.17, 15) is 14.3 Å². The number of nitrogens with one attached hydrogen (secondary N) is 2. The van der Waals surface area contributed by atoms with Crippen molar-refractivity contribution in [1.82, 2.24) is 9.97 Å². The summed E-state index contributed by atoms with van der Waals surface area (Å²) in [7, 11) is 0. The van der Waals surface area contributed by atoms with Crippen molar-refractivity contribution in [2.45, 2.75) is 6.92 Å². The van der Waals surface area contributed by atoms with Crippen LogP contribution in [0, 0.1) is 12.7 Å². The molecule has 0 aliphatic rings. The molecule has 3 N–H and O–H groups in total. The average molecular weight is 373 g/mol. The average Bonchev–Trinajstić information content (AvgIpc) is 2.58. The summed E-state index contributed by atoms with van der Waals surface area (Å²) >= 11 is 5.77. The minimum atomic E-state index is -1.04. The van der Waals surface area contributed by atoms with Gasteiger partial charge in [0, 0.05) is 17.4 Å². The largest absolute Gasteiger partial charge is 0.478 e. The standard InChI is InChI=1S/C18H14ClFN4O2/c1-10-8-16(23-15-5-3-2-4-12(15)17(25)26)24-18(21-10)22-11-6-7-14(20)13(19)9-11/h2-9H,1H3,(H,25,26)(H2,21,22,23,24). The first-order chi connectivity index (χ1) is 12.4. The lowest BCUT2D eigenvalue weighted by molar-refractivity contribution is 0.0698. The van der Waals surface area contributed by atoms with Crippen LogP contribution < -0.4 is 10.6 Å². The SMILES string of the molecule is Cc1cc(Nc2ccccc2C(=O)O)nc(Nc2ccc(F)c(Cl)c2)n1. The van der Waals surface area contributed by atoms with Gasteiger partial charge < -0.3 is 15.7 Å². The Morgan fingerprint density at radius 3 is 2.62 bits per heavy atom. The van der Waals surface area contributed by atoms with Crippen molar-refractivity contribution in [1.29, 1.82) is 0 Å². The number of anilines is 4. The van der Waals surface area contributed by atoms with Crippen LogP contribution in [-0.2, 0) is 0 Å². The van der Waals surface area contributed by atoms with Gasteiger partial charge >= 0.3 is 5.97 Å². The molecule has 0 fully saturated rings. The zero-order chi connectivity index (χ0) is 18.7. The number of nitrogens with zero attached hydrogens (tertiary/aromatic N) is 2. The summed E-state index contributed by atoms with van der Waals surface area (Å²) in [6.45, 7) is 1.78. The van der Waals surface area contributed by atoms with Crippen molar-refractivity contribution in [3.63, 3.8) is 0 Å². The second-order valence-electron chi connectivity index (χ2n) is 5.45. The fraction of sp³-hybridized carbons (Fsp3) is 0.0556. The van der Waals surface area contributed by atoms with E-state index in [2.05, 4.69) is 20.6 Å². The van der Waals surface area contributed by atoms with E-state index in [4.69, 9.17) is 11.6 Å². The van der Waals surface area contributed by atoms with Crippen LogP contribution in [0.25, 0.3) is 0 Å². The zero-order valence-electron chi connectivity index (χ0n) is 13.6. The van der Waals surface area contributed by atoms with Crippen LogP contribution in [0.4, 0.5) is 27.5 Å². The lowest BCUT2D eigenvalue weighted by Crippen LogP contribution is -2.06. The van der Waals surface area contributed by atoms with Crippen LogP contribution in [0.1, 0.15) is 16.1 Å². The van der Waals surface area contributed by atoms with Gasteiger partial charge in [0.15, 0.2) is 0 Å². The van der Waals surface area contributed by atoms with E-state index in [0.29, 0.717) is 22.9 Å². The van der Waals surface area contributed by atoms with Gasteiger partial charge in [0.1, 0.15) is 11.6 Å². The Labute approximate surface area is 153 Å². The van der Waals surface area contributed by atoms with E-state index in [1.165, 1.54) is 24.3 Å². The Kier molecular flexibility index (Phi) is 4.99. The topological polar surface area (TPSA) is 87.1 Å². The minimum absolute atomic E-state index is 0.0172. The van der Waals surface area contributed by atoms with Gasteiger partial charge in [-0.25, -0.2) is 14.2 Å². The Balaban J connectivity index is 1.88. The first-order valence-corrected chi connectivity index (χ1v) is 7.97. The van der Waals surface area contributed by atoms with E-state index < -0.39 is 11.8 Å². The van der Waals surface area contributed by atoms with Gasteiger partial charge in [-0.1, -0.05) is 23.7 Å². The lowest BCUT2D eigenvalue weighted by Gasteiger charge is -2.12. The summed E-state index contributed by atoms with van der Waals surface area (Å²) < 4.78 is 13.3. The highest BCUT2D eigenvalue weighted by atomic mass is 35.5. The Morgan fingerprint density at radius 2 is 1.88 bits per heavy atom. The molecule has 6 nitrogen and oxygen atoms in total. The molecule has 2 aromatic carbocycles. The molecular formula is C18H14ClFN4O2. The highest BCUT2D eigenvalue weighted by molar-refractivity contribution is 6.31. The number of benzene rings is 2. The predicted molar refractivity (Wildman–Crippen MR) is 98.1 cm³/mol. The number of hydrogen-bond acceptors (Lipinski definition) is 5. The van der Waals surface area contributed by atoms with Crippen molar-refractivity contribution >= 4 is 40.7 Å². The number of aromatic carboxylic acids is 1. The molecule has 0 amide bonds. The molecule has 0 radical (unpaired) electrons. The van der Waals surface area contributed by atoms with Crippen LogP contribution in [0.5, 0.6) is 0 Å². The Hall–Kier alpha value is -3.19.